The molecular weight excluding hydrogens is 320 g/mol. The Morgan fingerprint density at radius 1 is 1.22 bits per heavy atom. The average Bonchev–Trinajstić information content (AvgIpc) is 3.17. The van der Waals surface area contributed by atoms with Gasteiger partial charge in [-0.2, -0.15) is 0 Å². The monoisotopic (exact) mass is 338 g/mol. The first-order valence-corrected chi connectivity index (χ1v) is 9.03. The predicted octanol–water partition coefficient (Wildman–Crippen LogP) is 0.816. The van der Waals surface area contributed by atoms with Crippen LogP contribution < -0.4 is 4.72 Å². The number of carboxylic acid groups (broad SMARTS) is 1. The van der Waals surface area contributed by atoms with Gasteiger partial charge in [0.15, 0.2) is 0 Å². The van der Waals surface area contributed by atoms with Crippen molar-refractivity contribution in [2.24, 2.45) is 0 Å². The number of rotatable bonds is 5. The van der Waals surface area contributed by atoms with Crippen LogP contribution in [0.25, 0.3) is 0 Å². The highest BCUT2D eigenvalue weighted by molar-refractivity contribution is 7.89. The summed E-state index contributed by atoms with van der Waals surface area (Å²) in [4.78, 5) is 25.0. The van der Waals surface area contributed by atoms with Gasteiger partial charge >= 0.3 is 5.97 Å². The zero-order valence-corrected chi connectivity index (χ0v) is 13.3. The Bertz CT molecular complexity index is 742. The molecule has 0 unspecified atom stereocenters. The Morgan fingerprint density at radius 2 is 1.96 bits per heavy atom. The Kier molecular flexibility index (Phi) is 4.11. The van der Waals surface area contributed by atoms with Crippen LogP contribution in [-0.4, -0.2) is 48.9 Å². The van der Waals surface area contributed by atoms with Gasteiger partial charge in [0.2, 0.25) is 10.0 Å². The SMILES string of the molecule is O=C(O)[C@H]1CCCN1C(=O)c1cccc(S(=O)(=O)NC2CC2)c1. The van der Waals surface area contributed by atoms with Crippen LogP contribution in [0.3, 0.4) is 0 Å². The Balaban J connectivity index is 1.84. The van der Waals surface area contributed by atoms with E-state index < -0.39 is 27.9 Å². The Morgan fingerprint density at radius 3 is 2.61 bits per heavy atom. The first-order chi connectivity index (χ1) is 10.9. The standard InChI is InChI=1S/C15H18N2O5S/c18-14(17-8-2-5-13(17)15(19)20)10-3-1-4-12(9-10)23(21,22)16-11-6-7-11/h1,3-4,9,11,13,16H,2,5-8H2,(H,19,20)/t13-/m1/s1. The Labute approximate surface area is 134 Å². The summed E-state index contributed by atoms with van der Waals surface area (Å²) in [6, 6.07) is 4.89. The molecule has 1 aliphatic carbocycles. The van der Waals surface area contributed by atoms with Gasteiger partial charge in [-0.05, 0) is 43.9 Å². The molecule has 3 rings (SSSR count). The molecule has 23 heavy (non-hydrogen) atoms. The molecule has 1 amide bonds. The van der Waals surface area contributed by atoms with E-state index in [0.29, 0.717) is 19.4 Å². The molecule has 1 heterocycles. The lowest BCUT2D eigenvalue weighted by atomic mass is 10.1. The topological polar surface area (TPSA) is 104 Å². The van der Waals surface area contributed by atoms with E-state index in [-0.39, 0.29) is 16.5 Å². The van der Waals surface area contributed by atoms with Crippen LogP contribution in [0.2, 0.25) is 0 Å². The molecule has 124 valence electrons. The molecule has 0 bridgehead atoms. The first kappa shape index (κ1) is 15.9. The number of benzene rings is 1. The van der Waals surface area contributed by atoms with Crippen LogP contribution in [0, 0.1) is 0 Å². The van der Waals surface area contributed by atoms with E-state index in [1.165, 1.54) is 29.2 Å². The number of sulfonamides is 1. The number of carbonyl (C=O) groups is 2. The first-order valence-electron chi connectivity index (χ1n) is 7.54. The fraction of sp³-hybridized carbons (Fsp3) is 0.467. The quantitative estimate of drug-likeness (QED) is 0.827. The van der Waals surface area contributed by atoms with E-state index in [0.717, 1.165) is 12.8 Å². The molecule has 0 radical (unpaired) electrons. The van der Waals surface area contributed by atoms with E-state index in [2.05, 4.69) is 4.72 Å². The minimum atomic E-state index is -3.64. The minimum absolute atomic E-state index is 0.0191. The summed E-state index contributed by atoms with van der Waals surface area (Å²) < 4.78 is 27.0. The highest BCUT2D eigenvalue weighted by Crippen LogP contribution is 2.24. The fourth-order valence-corrected chi connectivity index (χ4v) is 4.07. The maximum absolute atomic E-state index is 12.5. The molecule has 0 spiro atoms. The van der Waals surface area contributed by atoms with E-state index >= 15 is 0 Å². The molecule has 1 saturated heterocycles. The number of aliphatic carboxylic acids is 1. The average molecular weight is 338 g/mol. The summed E-state index contributed by atoms with van der Waals surface area (Å²) in [5.41, 5.74) is 0.192. The predicted molar refractivity (Wildman–Crippen MR) is 81.5 cm³/mol. The van der Waals surface area contributed by atoms with Gasteiger partial charge in [0.05, 0.1) is 4.90 Å². The summed E-state index contributed by atoms with van der Waals surface area (Å²) in [5.74, 6) is -1.48. The third-order valence-corrected chi connectivity index (χ3v) is 5.61. The molecule has 2 N–H and O–H groups in total. The van der Waals surface area contributed by atoms with E-state index in [1.807, 2.05) is 0 Å². The minimum Gasteiger partial charge on any atom is -0.480 e. The van der Waals surface area contributed by atoms with Crippen molar-refractivity contribution >= 4 is 21.9 Å². The molecule has 0 aromatic heterocycles. The van der Waals surface area contributed by atoms with Crippen molar-refractivity contribution in [3.05, 3.63) is 29.8 Å². The van der Waals surface area contributed by atoms with Crippen molar-refractivity contribution in [2.75, 3.05) is 6.54 Å². The van der Waals surface area contributed by atoms with Crippen molar-refractivity contribution in [1.82, 2.24) is 9.62 Å². The number of hydrogen-bond donors (Lipinski definition) is 2. The van der Waals surface area contributed by atoms with Gasteiger partial charge < -0.3 is 10.0 Å². The van der Waals surface area contributed by atoms with Crippen molar-refractivity contribution in [3.63, 3.8) is 0 Å². The van der Waals surface area contributed by atoms with E-state index in [9.17, 15) is 18.0 Å². The normalized spacial score (nSPS) is 21.4. The highest BCUT2D eigenvalue weighted by atomic mass is 32.2. The van der Waals surface area contributed by atoms with Crippen LogP contribution in [-0.2, 0) is 14.8 Å². The summed E-state index contributed by atoms with van der Waals surface area (Å²) in [7, 11) is -3.64. The molecule has 1 atom stereocenters. The largest absolute Gasteiger partial charge is 0.480 e. The van der Waals surface area contributed by atoms with Gasteiger partial charge in [-0.25, -0.2) is 17.9 Å². The maximum Gasteiger partial charge on any atom is 0.326 e. The van der Waals surface area contributed by atoms with Crippen molar-refractivity contribution < 1.29 is 23.1 Å². The van der Waals surface area contributed by atoms with Crippen molar-refractivity contribution in [2.45, 2.75) is 42.7 Å². The second-order valence-corrected chi connectivity index (χ2v) is 7.63. The second kappa shape index (κ2) is 5.93. The summed E-state index contributed by atoms with van der Waals surface area (Å²) in [6.07, 6.45) is 2.70. The Hall–Kier alpha value is -1.93. The molecule has 2 fully saturated rings. The zero-order valence-electron chi connectivity index (χ0n) is 12.4. The number of hydrogen-bond acceptors (Lipinski definition) is 4. The van der Waals surface area contributed by atoms with E-state index in [4.69, 9.17) is 5.11 Å². The maximum atomic E-state index is 12.5. The van der Waals surface area contributed by atoms with Crippen molar-refractivity contribution in [1.29, 1.82) is 0 Å². The lowest BCUT2D eigenvalue weighted by molar-refractivity contribution is -0.141. The van der Waals surface area contributed by atoms with Gasteiger partial charge in [0.25, 0.3) is 5.91 Å². The van der Waals surface area contributed by atoms with Crippen LogP contribution in [0.5, 0.6) is 0 Å². The number of carboxylic acids is 1. The number of amides is 1. The third kappa shape index (κ3) is 3.37. The molecule has 7 nitrogen and oxygen atoms in total. The van der Waals surface area contributed by atoms with Crippen LogP contribution in [0.1, 0.15) is 36.0 Å². The van der Waals surface area contributed by atoms with Gasteiger partial charge in [-0.15, -0.1) is 0 Å². The third-order valence-electron chi connectivity index (χ3n) is 4.09. The lowest BCUT2D eigenvalue weighted by Crippen LogP contribution is -2.40. The lowest BCUT2D eigenvalue weighted by Gasteiger charge is -2.21. The van der Waals surface area contributed by atoms with Gasteiger partial charge in [-0.1, -0.05) is 6.07 Å². The molecule has 2 aliphatic rings. The number of carbonyl (C=O) groups excluding carboxylic acids is 1. The smallest absolute Gasteiger partial charge is 0.326 e. The molecular formula is C15H18N2O5S. The molecule has 8 heteroatoms. The molecule has 1 aromatic carbocycles. The van der Waals surface area contributed by atoms with Gasteiger partial charge in [-0.3, -0.25) is 4.79 Å². The molecule has 1 aliphatic heterocycles. The fourth-order valence-electron chi connectivity index (χ4n) is 2.72. The summed E-state index contributed by atoms with van der Waals surface area (Å²) in [5, 5.41) is 9.17. The van der Waals surface area contributed by atoms with Crippen LogP contribution >= 0.6 is 0 Å². The van der Waals surface area contributed by atoms with Crippen LogP contribution in [0.4, 0.5) is 0 Å². The van der Waals surface area contributed by atoms with E-state index in [1.54, 1.807) is 0 Å². The highest BCUT2D eigenvalue weighted by Gasteiger charge is 2.35. The van der Waals surface area contributed by atoms with Gasteiger partial charge in [0, 0.05) is 18.2 Å². The summed E-state index contributed by atoms with van der Waals surface area (Å²) >= 11 is 0. The number of nitrogens with one attached hydrogen (secondary N) is 1. The van der Waals surface area contributed by atoms with Gasteiger partial charge in [0.1, 0.15) is 6.04 Å². The molecule has 1 saturated carbocycles. The number of likely N-dealkylation sites (tertiary alicyclic amines) is 1. The van der Waals surface area contributed by atoms with Crippen LogP contribution in [0.15, 0.2) is 29.2 Å². The van der Waals surface area contributed by atoms with Crippen molar-refractivity contribution in [3.8, 4) is 0 Å². The second-order valence-electron chi connectivity index (χ2n) is 5.92. The summed E-state index contributed by atoms with van der Waals surface area (Å²) in [6.45, 7) is 0.368. The zero-order chi connectivity index (χ0) is 16.6. The number of nitrogens with zero attached hydrogens (tertiary/aromatic N) is 1. The molecule has 1 aromatic rings.